The number of hydrogen-bond donors (Lipinski definition) is 1. The van der Waals surface area contributed by atoms with Crippen molar-refractivity contribution >= 4 is 11.7 Å². The van der Waals surface area contributed by atoms with E-state index in [1.165, 1.54) is 7.11 Å². The standard InChI is InChI=1S/C16H19N3O2/c1-11(21-2)16(20)17-15-13-9-6-10-14(13)18-19(15)12-7-4-3-5-8-12/h3-5,7-8,11H,6,9-10H2,1-2H3,(H,17,20)/t11-/m0/s1. The molecule has 110 valence electrons. The maximum absolute atomic E-state index is 12.1. The molecule has 5 heteroatoms. The third kappa shape index (κ3) is 2.56. The summed E-state index contributed by atoms with van der Waals surface area (Å²) in [4.78, 5) is 12.1. The first-order chi connectivity index (χ1) is 10.2. The van der Waals surface area contributed by atoms with Crippen LogP contribution in [0.15, 0.2) is 30.3 Å². The molecule has 0 saturated carbocycles. The van der Waals surface area contributed by atoms with Gasteiger partial charge in [-0.3, -0.25) is 4.79 Å². The van der Waals surface area contributed by atoms with Crippen LogP contribution in [0.25, 0.3) is 5.69 Å². The predicted molar refractivity (Wildman–Crippen MR) is 80.7 cm³/mol. The summed E-state index contributed by atoms with van der Waals surface area (Å²) in [6.07, 6.45) is 2.54. The van der Waals surface area contributed by atoms with E-state index in [0.29, 0.717) is 0 Å². The second-order valence-electron chi connectivity index (χ2n) is 5.24. The molecule has 1 aliphatic rings. The van der Waals surface area contributed by atoms with E-state index in [0.717, 1.165) is 42.0 Å². The lowest BCUT2D eigenvalue weighted by Crippen LogP contribution is -2.28. The van der Waals surface area contributed by atoms with E-state index in [-0.39, 0.29) is 5.91 Å². The van der Waals surface area contributed by atoms with Crippen molar-refractivity contribution in [1.82, 2.24) is 9.78 Å². The van der Waals surface area contributed by atoms with Crippen LogP contribution >= 0.6 is 0 Å². The van der Waals surface area contributed by atoms with E-state index in [1.54, 1.807) is 6.92 Å². The van der Waals surface area contributed by atoms with Gasteiger partial charge in [0, 0.05) is 12.7 Å². The number of benzene rings is 1. The summed E-state index contributed by atoms with van der Waals surface area (Å²) >= 11 is 0. The molecular formula is C16H19N3O2. The van der Waals surface area contributed by atoms with Crippen molar-refractivity contribution in [1.29, 1.82) is 0 Å². The summed E-state index contributed by atoms with van der Waals surface area (Å²) in [6.45, 7) is 1.73. The number of rotatable bonds is 4. The number of fused-ring (bicyclic) bond motifs is 1. The van der Waals surface area contributed by atoms with Gasteiger partial charge in [-0.05, 0) is 38.3 Å². The molecule has 1 aromatic carbocycles. The normalized spacial score (nSPS) is 14.8. The average molecular weight is 285 g/mol. The number of nitrogens with one attached hydrogen (secondary N) is 1. The number of ether oxygens (including phenoxy) is 1. The zero-order chi connectivity index (χ0) is 14.8. The molecule has 0 bridgehead atoms. The lowest BCUT2D eigenvalue weighted by Gasteiger charge is -2.13. The van der Waals surface area contributed by atoms with Crippen molar-refractivity contribution in [2.24, 2.45) is 0 Å². The summed E-state index contributed by atoms with van der Waals surface area (Å²) < 4.78 is 6.91. The zero-order valence-corrected chi connectivity index (χ0v) is 12.3. The topological polar surface area (TPSA) is 56.1 Å². The number of carbonyl (C=O) groups excluding carboxylic acids is 1. The van der Waals surface area contributed by atoms with E-state index in [2.05, 4.69) is 10.4 Å². The first-order valence-electron chi connectivity index (χ1n) is 7.20. The third-order valence-corrected chi connectivity index (χ3v) is 3.87. The second kappa shape index (κ2) is 5.69. The highest BCUT2D eigenvalue weighted by atomic mass is 16.5. The summed E-state index contributed by atoms with van der Waals surface area (Å²) in [5, 5.41) is 7.64. The van der Waals surface area contributed by atoms with Crippen LogP contribution < -0.4 is 5.32 Å². The molecule has 0 unspecified atom stereocenters. The van der Waals surface area contributed by atoms with Crippen LogP contribution in [-0.4, -0.2) is 28.9 Å². The largest absolute Gasteiger partial charge is 0.372 e. The lowest BCUT2D eigenvalue weighted by atomic mass is 10.2. The Hall–Kier alpha value is -2.14. The summed E-state index contributed by atoms with van der Waals surface area (Å²) in [6, 6.07) is 9.86. The van der Waals surface area contributed by atoms with E-state index in [1.807, 2.05) is 35.0 Å². The number of amides is 1. The minimum absolute atomic E-state index is 0.149. The Morgan fingerprint density at radius 3 is 2.81 bits per heavy atom. The summed E-state index contributed by atoms with van der Waals surface area (Å²) in [7, 11) is 1.53. The maximum Gasteiger partial charge on any atom is 0.254 e. The zero-order valence-electron chi connectivity index (χ0n) is 12.3. The molecule has 1 aliphatic carbocycles. The highest BCUT2D eigenvalue weighted by Crippen LogP contribution is 2.31. The van der Waals surface area contributed by atoms with Gasteiger partial charge in [-0.2, -0.15) is 5.10 Å². The highest BCUT2D eigenvalue weighted by Gasteiger charge is 2.25. The molecule has 5 nitrogen and oxygen atoms in total. The Bertz CT molecular complexity index is 649. The molecule has 1 atom stereocenters. The molecule has 1 heterocycles. The smallest absolute Gasteiger partial charge is 0.254 e. The van der Waals surface area contributed by atoms with Crippen LogP contribution in [-0.2, 0) is 22.4 Å². The molecule has 21 heavy (non-hydrogen) atoms. The molecule has 3 rings (SSSR count). The van der Waals surface area contributed by atoms with Gasteiger partial charge >= 0.3 is 0 Å². The third-order valence-electron chi connectivity index (χ3n) is 3.87. The van der Waals surface area contributed by atoms with Gasteiger partial charge in [0.15, 0.2) is 0 Å². The van der Waals surface area contributed by atoms with Gasteiger partial charge in [-0.25, -0.2) is 4.68 Å². The minimum atomic E-state index is -0.485. The van der Waals surface area contributed by atoms with Crippen molar-refractivity contribution in [3.8, 4) is 5.69 Å². The minimum Gasteiger partial charge on any atom is -0.372 e. The number of para-hydroxylation sites is 1. The Morgan fingerprint density at radius 1 is 1.33 bits per heavy atom. The molecule has 0 spiro atoms. The quantitative estimate of drug-likeness (QED) is 0.938. The van der Waals surface area contributed by atoms with Crippen LogP contribution in [0.1, 0.15) is 24.6 Å². The van der Waals surface area contributed by atoms with Crippen LogP contribution in [0.5, 0.6) is 0 Å². The van der Waals surface area contributed by atoms with Gasteiger partial charge < -0.3 is 10.1 Å². The van der Waals surface area contributed by atoms with Crippen molar-refractivity contribution in [3.05, 3.63) is 41.6 Å². The van der Waals surface area contributed by atoms with Crippen molar-refractivity contribution in [2.75, 3.05) is 12.4 Å². The fourth-order valence-electron chi connectivity index (χ4n) is 2.60. The average Bonchev–Trinajstić information content (AvgIpc) is 3.10. The number of methoxy groups -OCH3 is 1. The monoisotopic (exact) mass is 285 g/mol. The number of hydrogen-bond acceptors (Lipinski definition) is 3. The number of nitrogens with zero attached hydrogens (tertiary/aromatic N) is 2. The molecule has 0 aliphatic heterocycles. The molecule has 1 N–H and O–H groups in total. The van der Waals surface area contributed by atoms with Crippen LogP contribution in [0.3, 0.4) is 0 Å². The first-order valence-corrected chi connectivity index (χ1v) is 7.20. The fourth-order valence-corrected chi connectivity index (χ4v) is 2.60. The summed E-state index contributed by atoms with van der Waals surface area (Å²) in [5.74, 6) is 0.631. The van der Waals surface area contributed by atoms with Crippen molar-refractivity contribution in [2.45, 2.75) is 32.3 Å². The molecule has 0 saturated heterocycles. The molecule has 2 aromatic rings. The second-order valence-corrected chi connectivity index (χ2v) is 5.24. The van der Waals surface area contributed by atoms with Crippen LogP contribution in [0.4, 0.5) is 5.82 Å². The van der Waals surface area contributed by atoms with Gasteiger partial charge in [-0.1, -0.05) is 18.2 Å². The van der Waals surface area contributed by atoms with Gasteiger partial charge in [0.2, 0.25) is 0 Å². The lowest BCUT2D eigenvalue weighted by molar-refractivity contribution is -0.124. The summed E-state index contributed by atoms with van der Waals surface area (Å²) in [5.41, 5.74) is 3.18. The first kappa shape index (κ1) is 13.8. The number of anilines is 1. The van der Waals surface area contributed by atoms with Crippen molar-refractivity contribution in [3.63, 3.8) is 0 Å². The highest BCUT2D eigenvalue weighted by molar-refractivity contribution is 5.94. The Morgan fingerprint density at radius 2 is 2.10 bits per heavy atom. The van der Waals surface area contributed by atoms with Crippen molar-refractivity contribution < 1.29 is 9.53 Å². The van der Waals surface area contributed by atoms with Crippen LogP contribution in [0.2, 0.25) is 0 Å². The number of carbonyl (C=O) groups is 1. The van der Waals surface area contributed by atoms with Gasteiger partial charge in [-0.15, -0.1) is 0 Å². The molecule has 0 radical (unpaired) electrons. The maximum atomic E-state index is 12.1. The van der Waals surface area contributed by atoms with E-state index in [4.69, 9.17) is 4.74 Å². The van der Waals surface area contributed by atoms with Gasteiger partial charge in [0.1, 0.15) is 11.9 Å². The Labute approximate surface area is 123 Å². The Balaban J connectivity index is 2.00. The number of aryl methyl sites for hydroxylation is 1. The molecule has 1 amide bonds. The van der Waals surface area contributed by atoms with E-state index < -0.39 is 6.10 Å². The van der Waals surface area contributed by atoms with Gasteiger partial charge in [0.25, 0.3) is 5.91 Å². The predicted octanol–water partition coefficient (Wildman–Crippen LogP) is 2.33. The van der Waals surface area contributed by atoms with E-state index >= 15 is 0 Å². The number of aromatic nitrogens is 2. The molecule has 1 aromatic heterocycles. The fraction of sp³-hybridized carbons (Fsp3) is 0.375. The van der Waals surface area contributed by atoms with Crippen LogP contribution in [0, 0.1) is 0 Å². The molecular weight excluding hydrogens is 266 g/mol. The Kier molecular flexibility index (Phi) is 3.75. The van der Waals surface area contributed by atoms with E-state index in [9.17, 15) is 4.79 Å². The molecule has 0 fully saturated rings. The SMILES string of the molecule is CO[C@@H](C)C(=O)Nc1c2c(nn1-c1ccccc1)CCC2. The van der Waals surface area contributed by atoms with Gasteiger partial charge in [0.05, 0.1) is 11.4 Å².